The molecule has 0 fully saturated rings. The van der Waals surface area contributed by atoms with Crippen LogP contribution in [0.2, 0.25) is 0 Å². The Balaban J connectivity index is 1.73. The molecule has 0 unspecified atom stereocenters. The summed E-state index contributed by atoms with van der Waals surface area (Å²) in [5.74, 6) is 1.21. The number of anilines is 1. The number of aromatic nitrogens is 3. The number of aliphatic hydroxyl groups is 1. The summed E-state index contributed by atoms with van der Waals surface area (Å²) in [6.45, 7) is 5.86. The summed E-state index contributed by atoms with van der Waals surface area (Å²) in [6, 6.07) is 0. The van der Waals surface area contributed by atoms with E-state index in [1.807, 2.05) is 0 Å². The highest BCUT2D eigenvalue weighted by atomic mass is 16.5. The van der Waals surface area contributed by atoms with E-state index in [9.17, 15) is 0 Å². The van der Waals surface area contributed by atoms with Gasteiger partial charge in [0.05, 0.1) is 25.2 Å². The molecule has 4 rings (SSSR count). The lowest BCUT2D eigenvalue weighted by molar-refractivity contribution is 0.0992. The number of hydrogen-bond donors (Lipinski definition) is 2. The van der Waals surface area contributed by atoms with Crippen LogP contribution in [0.15, 0.2) is 10.7 Å². The Morgan fingerprint density at radius 3 is 2.89 bits per heavy atom. The van der Waals surface area contributed by atoms with Crippen molar-refractivity contribution in [2.45, 2.75) is 39.5 Å². The van der Waals surface area contributed by atoms with Crippen molar-refractivity contribution in [1.29, 1.82) is 0 Å². The maximum absolute atomic E-state index is 8.77. The zero-order valence-corrected chi connectivity index (χ0v) is 15.9. The number of nitrogens with one attached hydrogen (secondary N) is 1. The van der Waals surface area contributed by atoms with E-state index in [2.05, 4.69) is 29.1 Å². The largest absolute Gasteiger partial charge is 0.432 e. The standard InChI is InChI=1S/C20H26N4O3/c1-12(2)10-15-13-4-3-5-14(13)16-17-18(27-20(16)24-15)19(23-11-22-17)21-6-8-26-9-7-25/h11-12,25H,3-10H2,1-2H3,(H,21,22,23). The second kappa shape index (κ2) is 7.78. The number of rotatable bonds is 8. The highest BCUT2D eigenvalue weighted by Crippen LogP contribution is 2.38. The average Bonchev–Trinajstić information content (AvgIpc) is 3.25. The first-order valence-electron chi connectivity index (χ1n) is 9.69. The summed E-state index contributed by atoms with van der Waals surface area (Å²) in [7, 11) is 0. The Labute approximate surface area is 158 Å². The van der Waals surface area contributed by atoms with E-state index in [4.69, 9.17) is 19.2 Å². The fraction of sp³-hybridized carbons (Fsp3) is 0.550. The minimum atomic E-state index is 0.0246. The number of nitrogens with zero attached hydrogens (tertiary/aromatic N) is 3. The zero-order chi connectivity index (χ0) is 18.8. The third kappa shape index (κ3) is 3.49. The molecular weight excluding hydrogens is 344 g/mol. The number of pyridine rings is 1. The van der Waals surface area contributed by atoms with Crippen LogP contribution in [0.1, 0.15) is 37.1 Å². The van der Waals surface area contributed by atoms with Gasteiger partial charge >= 0.3 is 0 Å². The molecule has 3 heterocycles. The van der Waals surface area contributed by atoms with Crippen LogP contribution in [-0.2, 0) is 24.0 Å². The van der Waals surface area contributed by atoms with Gasteiger partial charge in [-0.25, -0.2) is 15.0 Å². The Hall–Kier alpha value is -2.25. The Kier molecular flexibility index (Phi) is 5.22. The van der Waals surface area contributed by atoms with Crippen molar-refractivity contribution >= 4 is 28.0 Å². The van der Waals surface area contributed by atoms with Crippen LogP contribution in [0, 0.1) is 5.92 Å². The van der Waals surface area contributed by atoms with E-state index in [0.717, 1.165) is 36.6 Å². The molecule has 0 aliphatic heterocycles. The summed E-state index contributed by atoms with van der Waals surface area (Å²) >= 11 is 0. The lowest BCUT2D eigenvalue weighted by Gasteiger charge is -2.10. The molecule has 2 N–H and O–H groups in total. The molecular formula is C20H26N4O3. The summed E-state index contributed by atoms with van der Waals surface area (Å²) in [4.78, 5) is 13.7. The molecule has 7 nitrogen and oxygen atoms in total. The summed E-state index contributed by atoms with van der Waals surface area (Å²) in [5.41, 5.74) is 6.07. The summed E-state index contributed by atoms with van der Waals surface area (Å²) in [6.07, 6.45) is 5.83. The predicted molar refractivity (Wildman–Crippen MR) is 104 cm³/mol. The van der Waals surface area contributed by atoms with Crippen LogP contribution in [0.5, 0.6) is 0 Å². The van der Waals surface area contributed by atoms with Gasteiger partial charge in [-0.3, -0.25) is 0 Å². The van der Waals surface area contributed by atoms with Gasteiger partial charge in [-0.2, -0.15) is 0 Å². The van der Waals surface area contributed by atoms with Crippen LogP contribution >= 0.6 is 0 Å². The van der Waals surface area contributed by atoms with E-state index >= 15 is 0 Å². The van der Waals surface area contributed by atoms with Crippen LogP contribution < -0.4 is 5.32 Å². The molecule has 7 heteroatoms. The normalized spacial score (nSPS) is 13.8. The molecule has 0 atom stereocenters. The van der Waals surface area contributed by atoms with Crippen molar-refractivity contribution in [3.63, 3.8) is 0 Å². The number of furan rings is 1. The third-order valence-corrected chi connectivity index (χ3v) is 4.93. The molecule has 0 bridgehead atoms. The molecule has 3 aromatic heterocycles. The SMILES string of the molecule is CC(C)Cc1nc2oc3c(NCCOCCO)ncnc3c2c2c1CCC2. The molecule has 0 spiro atoms. The first kappa shape index (κ1) is 18.1. The van der Waals surface area contributed by atoms with Crippen molar-refractivity contribution < 1.29 is 14.3 Å². The molecule has 144 valence electrons. The first-order chi connectivity index (χ1) is 13.2. The average molecular weight is 370 g/mol. The van der Waals surface area contributed by atoms with Crippen molar-refractivity contribution in [1.82, 2.24) is 15.0 Å². The van der Waals surface area contributed by atoms with Crippen LogP contribution in [0.25, 0.3) is 22.2 Å². The van der Waals surface area contributed by atoms with Crippen LogP contribution in [-0.4, -0.2) is 46.4 Å². The smallest absolute Gasteiger partial charge is 0.229 e. The molecule has 0 saturated carbocycles. The van der Waals surface area contributed by atoms with Crippen LogP contribution in [0.3, 0.4) is 0 Å². The molecule has 0 radical (unpaired) electrons. The van der Waals surface area contributed by atoms with E-state index in [1.54, 1.807) is 6.33 Å². The van der Waals surface area contributed by atoms with E-state index in [-0.39, 0.29) is 6.61 Å². The Morgan fingerprint density at radius 2 is 2.07 bits per heavy atom. The second-order valence-electron chi connectivity index (χ2n) is 7.41. The highest BCUT2D eigenvalue weighted by molar-refractivity contribution is 6.06. The fourth-order valence-corrected chi connectivity index (χ4v) is 3.87. The Bertz CT molecular complexity index is 951. The molecule has 0 aromatic carbocycles. The quantitative estimate of drug-likeness (QED) is 0.589. The van der Waals surface area contributed by atoms with Gasteiger partial charge in [0, 0.05) is 12.2 Å². The molecule has 3 aromatic rings. The van der Waals surface area contributed by atoms with Crippen molar-refractivity contribution in [3.8, 4) is 0 Å². The zero-order valence-electron chi connectivity index (χ0n) is 15.9. The molecule has 1 aliphatic carbocycles. The van der Waals surface area contributed by atoms with Crippen molar-refractivity contribution in [3.05, 3.63) is 23.1 Å². The maximum Gasteiger partial charge on any atom is 0.229 e. The molecule has 27 heavy (non-hydrogen) atoms. The minimum Gasteiger partial charge on any atom is -0.432 e. The van der Waals surface area contributed by atoms with Gasteiger partial charge < -0.3 is 19.6 Å². The van der Waals surface area contributed by atoms with E-state index < -0.39 is 0 Å². The van der Waals surface area contributed by atoms with E-state index in [1.165, 1.54) is 16.8 Å². The van der Waals surface area contributed by atoms with E-state index in [0.29, 0.717) is 42.8 Å². The molecule has 1 aliphatic rings. The van der Waals surface area contributed by atoms with Gasteiger partial charge in [0.1, 0.15) is 11.8 Å². The van der Waals surface area contributed by atoms with Crippen LogP contribution in [0.4, 0.5) is 5.82 Å². The van der Waals surface area contributed by atoms with Gasteiger partial charge in [0.25, 0.3) is 0 Å². The number of ether oxygens (including phenoxy) is 1. The van der Waals surface area contributed by atoms with Gasteiger partial charge in [-0.05, 0) is 42.7 Å². The third-order valence-electron chi connectivity index (χ3n) is 4.93. The second-order valence-corrected chi connectivity index (χ2v) is 7.41. The number of fused-ring (bicyclic) bond motifs is 5. The lowest BCUT2D eigenvalue weighted by atomic mass is 9.99. The molecule has 0 amide bonds. The topological polar surface area (TPSA) is 93.3 Å². The summed E-state index contributed by atoms with van der Waals surface area (Å²) in [5, 5.41) is 13.1. The van der Waals surface area contributed by atoms with Crippen molar-refractivity contribution in [2.24, 2.45) is 5.92 Å². The van der Waals surface area contributed by atoms with Gasteiger partial charge in [0.2, 0.25) is 5.71 Å². The van der Waals surface area contributed by atoms with Gasteiger partial charge in [-0.15, -0.1) is 0 Å². The predicted octanol–water partition coefficient (Wildman–Crippen LogP) is 2.88. The van der Waals surface area contributed by atoms with Gasteiger partial charge in [-0.1, -0.05) is 13.8 Å². The lowest BCUT2D eigenvalue weighted by Crippen LogP contribution is -2.12. The minimum absolute atomic E-state index is 0.0246. The number of hydrogen-bond acceptors (Lipinski definition) is 7. The monoisotopic (exact) mass is 370 g/mol. The first-order valence-corrected chi connectivity index (χ1v) is 9.69. The number of aliphatic hydroxyl groups excluding tert-OH is 1. The maximum atomic E-state index is 8.77. The van der Waals surface area contributed by atoms with Crippen molar-refractivity contribution in [2.75, 3.05) is 31.7 Å². The summed E-state index contributed by atoms with van der Waals surface area (Å²) < 4.78 is 11.4. The Morgan fingerprint density at radius 1 is 1.22 bits per heavy atom. The number of aryl methyl sites for hydroxylation is 1. The fourth-order valence-electron chi connectivity index (χ4n) is 3.87. The molecule has 0 saturated heterocycles. The highest BCUT2D eigenvalue weighted by Gasteiger charge is 2.25. The van der Waals surface area contributed by atoms with Gasteiger partial charge in [0.15, 0.2) is 11.4 Å².